The molecule has 0 bridgehead atoms. The summed E-state index contributed by atoms with van der Waals surface area (Å²) in [5.41, 5.74) is 5.45. The number of benzene rings is 3. The Kier molecular flexibility index (Phi) is 6.00. The minimum absolute atomic E-state index is 0.0331. The number of aromatic hydroxyl groups is 1. The van der Waals surface area contributed by atoms with Crippen LogP contribution in [0.1, 0.15) is 27.0 Å². The molecule has 0 aliphatic carbocycles. The van der Waals surface area contributed by atoms with E-state index >= 15 is 0 Å². The quantitative estimate of drug-likeness (QED) is 0.324. The summed E-state index contributed by atoms with van der Waals surface area (Å²) < 4.78 is 6.59. The van der Waals surface area contributed by atoms with Gasteiger partial charge >= 0.3 is 5.69 Å². The lowest BCUT2D eigenvalue weighted by atomic mass is 10.0. The fourth-order valence-electron chi connectivity index (χ4n) is 3.52. The number of nitrogens with one attached hydrogen (secondary N) is 1. The molecule has 0 fully saturated rings. The Bertz CT molecular complexity index is 1430. The summed E-state index contributed by atoms with van der Waals surface area (Å²) in [6, 6.07) is 17.8. The van der Waals surface area contributed by atoms with Gasteiger partial charge in [-0.3, -0.25) is 9.36 Å². The van der Waals surface area contributed by atoms with Gasteiger partial charge in [0.05, 0.1) is 18.5 Å². The number of aromatic amines is 1. The van der Waals surface area contributed by atoms with Crippen LogP contribution < -0.4 is 10.4 Å². The number of H-pyrrole nitrogens is 1. The van der Waals surface area contributed by atoms with E-state index in [0.717, 1.165) is 11.1 Å². The molecule has 0 amide bonds. The van der Waals surface area contributed by atoms with E-state index in [-0.39, 0.29) is 17.2 Å². The van der Waals surface area contributed by atoms with Gasteiger partial charge in [-0.05, 0) is 72.5 Å². The van der Waals surface area contributed by atoms with Crippen molar-refractivity contribution in [1.29, 1.82) is 0 Å². The molecule has 0 saturated carbocycles. The lowest BCUT2D eigenvalue weighted by Crippen LogP contribution is -2.14. The number of aromatic nitrogens is 2. The number of rotatable bonds is 6. The van der Waals surface area contributed by atoms with Crippen molar-refractivity contribution in [3.05, 3.63) is 106 Å². The van der Waals surface area contributed by atoms with Crippen molar-refractivity contribution in [3.63, 3.8) is 0 Å². The Morgan fingerprint density at radius 2 is 1.85 bits per heavy atom. The molecule has 0 unspecified atom stereocenters. The maximum atomic E-state index is 12.7. The molecule has 4 rings (SSSR count). The van der Waals surface area contributed by atoms with Crippen molar-refractivity contribution in [2.75, 3.05) is 7.11 Å². The van der Waals surface area contributed by atoms with E-state index in [1.807, 2.05) is 32.0 Å². The molecule has 0 spiro atoms. The van der Waals surface area contributed by atoms with Crippen LogP contribution in [-0.2, 0) is 0 Å². The maximum Gasteiger partial charge on any atom is 0.330 e. The molecule has 6 heteroatoms. The number of carbonyl (C=O) groups is 1. The van der Waals surface area contributed by atoms with Crippen LogP contribution in [0.15, 0.2) is 77.7 Å². The van der Waals surface area contributed by atoms with Gasteiger partial charge in [0.25, 0.3) is 0 Å². The summed E-state index contributed by atoms with van der Waals surface area (Å²) in [6.45, 7) is 4.08. The first-order chi connectivity index (χ1) is 15.9. The molecular weight excluding hydrogens is 416 g/mol. The van der Waals surface area contributed by atoms with Gasteiger partial charge in [-0.1, -0.05) is 36.4 Å². The number of methoxy groups -OCH3 is 1. The zero-order chi connectivity index (χ0) is 23.5. The second-order valence-corrected chi connectivity index (χ2v) is 7.82. The molecule has 33 heavy (non-hydrogen) atoms. The normalized spacial score (nSPS) is 11.1. The lowest BCUT2D eigenvalue weighted by Gasteiger charge is -2.05. The van der Waals surface area contributed by atoms with E-state index in [4.69, 9.17) is 4.74 Å². The zero-order valence-corrected chi connectivity index (χ0v) is 18.6. The number of hydrogen-bond acceptors (Lipinski definition) is 4. The molecule has 1 aromatic heterocycles. The molecular formula is C27H24N2O4. The number of aryl methyl sites for hydroxylation is 2. The Morgan fingerprint density at radius 1 is 1.03 bits per heavy atom. The van der Waals surface area contributed by atoms with Crippen molar-refractivity contribution >= 4 is 11.9 Å². The van der Waals surface area contributed by atoms with Crippen LogP contribution in [0, 0.1) is 13.8 Å². The summed E-state index contributed by atoms with van der Waals surface area (Å²) in [6.07, 6.45) is 4.84. The molecule has 166 valence electrons. The fraction of sp³-hybridized carbons (Fsp3) is 0.111. The molecule has 0 aliphatic rings. The van der Waals surface area contributed by atoms with Crippen LogP contribution in [0.3, 0.4) is 0 Å². The van der Waals surface area contributed by atoms with Gasteiger partial charge in [-0.15, -0.1) is 0 Å². The average molecular weight is 440 g/mol. The van der Waals surface area contributed by atoms with Gasteiger partial charge in [0, 0.05) is 11.8 Å². The summed E-state index contributed by atoms with van der Waals surface area (Å²) in [7, 11) is 1.47. The van der Waals surface area contributed by atoms with Crippen molar-refractivity contribution < 1.29 is 14.6 Å². The fourth-order valence-corrected chi connectivity index (χ4v) is 3.52. The molecule has 0 radical (unpaired) electrons. The Morgan fingerprint density at radius 3 is 2.61 bits per heavy atom. The van der Waals surface area contributed by atoms with E-state index < -0.39 is 0 Å². The van der Waals surface area contributed by atoms with Crippen molar-refractivity contribution in [1.82, 2.24) is 9.55 Å². The minimum atomic E-state index is -0.278. The summed E-state index contributed by atoms with van der Waals surface area (Å²) in [5, 5.41) is 9.71. The summed E-state index contributed by atoms with van der Waals surface area (Å²) in [4.78, 5) is 28.3. The number of carbonyl (C=O) groups excluding carboxylic acids is 1. The smallest absolute Gasteiger partial charge is 0.330 e. The third-order valence-corrected chi connectivity index (χ3v) is 5.58. The first kappa shape index (κ1) is 21.9. The monoisotopic (exact) mass is 440 g/mol. The SMILES string of the molecule is COc1cc(/C=C/C(=O)c2cccc(-n3cc(-c4ccc(C)c(C)c4)[nH]c3=O)c2)ccc1O. The van der Waals surface area contributed by atoms with Crippen LogP contribution in [0.5, 0.6) is 11.5 Å². The Labute approximate surface area is 191 Å². The highest BCUT2D eigenvalue weighted by atomic mass is 16.5. The number of phenolic OH excluding ortho intramolecular Hbond substituents is 1. The number of imidazole rings is 1. The standard InChI is InChI=1S/C27H24N2O4/c1-17-7-10-20(13-18(17)2)23-16-29(27(32)28-23)22-6-4-5-21(15-22)24(30)11-8-19-9-12-25(31)26(14-19)33-3/h4-16,31H,1-3H3,(H,28,32)/b11-8+. The van der Waals surface area contributed by atoms with Crippen LogP contribution in [-0.4, -0.2) is 27.6 Å². The number of ether oxygens (including phenoxy) is 1. The molecule has 0 atom stereocenters. The van der Waals surface area contributed by atoms with E-state index in [1.165, 1.54) is 29.4 Å². The van der Waals surface area contributed by atoms with Gasteiger partial charge in [0.15, 0.2) is 17.3 Å². The highest BCUT2D eigenvalue weighted by molar-refractivity contribution is 6.07. The van der Waals surface area contributed by atoms with Crippen LogP contribution >= 0.6 is 0 Å². The number of nitrogens with zero attached hydrogens (tertiary/aromatic N) is 1. The van der Waals surface area contributed by atoms with Crippen molar-refractivity contribution in [3.8, 4) is 28.4 Å². The first-order valence-electron chi connectivity index (χ1n) is 10.4. The summed E-state index contributed by atoms with van der Waals surface area (Å²) in [5.74, 6) is 0.158. The van der Waals surface area contributed by atoms with Crippen molar-refractivity contribution in [2.45, 2.75) is 13.8 Å². The number of hydrogen-bond donors (Lipinski definition) is 2. The highest BCUT2D eigenvalue weighted by Crippen LogP contribution is 2.27. The van der Waals surface area contributed by atoms with Gasteiger partial charge < -0.3 is 14.8 Å². The van der Waals surface area contributed by atoms with E-state index in [9.17, 15) is 14.7 Å². The third-order valence-electron chi connectivity index (χ3n) is 5.58. The van der Waals surface area contributed by atoms with Gasteiger partial charge in [0.1, 0.15) is 0 Å². The zero-order valence-electron chi connectivity index (χ0n) is 18.6. The van der Waals surface area contributed by atoms with E-state index in [0.29, 0.717) is 28.3 Å². The second kappa shape index (κ2) is 9.04. The molecule has 0 aliphatic heterocycles. The van der Waals surface area contributed by atoms with E-state index in [1.54, 1.807) is 48.7 Å². The van der Waals surface area contributed by atoms with Crippen LogP contribution in [0.25, 0.3) is 23.0 Å². The number of ketones is 1. The lowest BCUT2D eigenvalue weighted by molar-refractivity contribution is 0.104. The predicted octanol–water partition coefficient (Wildman–Crippen LogP) is 5.06. The highest BCUT2D eigenvalue weighted by Gasteiger charge is 2.10. The molecule has 3 aromatic carbocycles. The van der Waals surface area contributed by atoms with Crippen LogP contribution in [0.2, 0.25) is 0 Å². The van der Waals surface area contributed by atoms with Gasteiger partial charge in [-0.25, -0.2) is 4.79 Å². The van der Waals surface area contributed by atoms with E-state index in [2.05, 4.69) is 4.98 Å². The minimum Gasteiger partial charge on any atom is -0.504 e. The summed E-state index contributed by atoms with van der Waals surface area (Å²) >= 11 is 0. The molecule has 2 N–H and O–H groups in total. The van der Waals surface area contributed by atoms with Crippen LogP contribution in [0.4, 0.5) is 0 Å². The Balaban J connectivity index is 1.60. The number of phenols is 1. The maximum absolute atomic E-state index is 12.7. The Hall–Kier alpha value is -4.32. The topological polar surface area (TPSA) is 84.3 Å². The second-order valence-electron chi connectivity index (χ2n) is 7.82. The molecule has 4 aromatic rings. The van der Waals surface area contributed by atoms with Gasteiger partial charge in [0.2, 0.25) is 0 Å². The first-order valence-corrected chi connectivity index (χ1v) is 10.4. The molecule has 1 heterocycles. The number of allylic oxidation sites excluding steroid dienone is 1. The molecule has 0 saturated heterocycles. The predicted molar refractivity (Wildman–Crippen MR) is 129 cm³/mol. The largest absolute Gasteiger partial charge is 0.504 e. The third kappa shape index (κ3) is 4.65. The van der Waals surface area contributed by atoms with Gasteiger partial charge in [-0.2, -0.15) is 0 Å². The molecule has 6 nitrogen and oxygen atoms in total. The average Bonchev–Trinajstić information content (AvgIpc) is 3.21. The van der Waals surface area contributed by atoms with Crippen molar-refractivity contribution in [2.24, 2.45) is 0 Å².